The summed E-state index contributed by atoms with van der Waals surface area (Å²) in [5, 5.41) is 0. The van der Waals surface area contributed by atoms with E-state index in [1.54, 1.807) is 6.20 Å². The highest BCUT2D eigenvalue weighted by molar-refractivity contribution is 5.58. The number of hydrogen-bond donors (Lipinski definition) is 1. The van der Waals surface area contributed by atoms with Crippen LogP contribution in [0.4, 0.5) is 0 Å². The highest BCUT2D eigenvalue weighted by Gasteiger charge is 2.10. The van der Waals surface area contributed by atoms with Crippen LogP contribution in [0.1, 0.15) is 22.5 Å². The van der Waals surface area contributed by atoms with Crippen molar-refractivity contribution >= 4 is 0 Å². The summed E-state index contributed by atoms with van der Waals surface area (Å²) < 4.78 is 0. The maximum Gasteiger partial charge on any atom is 0.161 e. The quantitative estimate of drug-likeness (QED) is 0.893. The minimum atomic E-state index is 0.621. The lowest BCUT2D eigenvalue weighted by atomic mass is 10.1. The molecular formula is C14H18N4. The first-order valence-electron chi connectivity index (χ1n) is 6.08. The van der Waals surface area contributed by atoms with Crippen molar-refractivity contribution in [1.82, 2.24) is 15.0 Å². The smallest absolute Gasteiger partial charge is 0.161 e. The van der Waals surface area contributed by atoms with Crippen molar-refractivity contribution < 1.29 is 0 Å². The third kappa shape index (κ3) is 2.38. The lowest BCUT2D eigenvalue weighted by Crippen LogP contribution is -2.09. The zero-order chi connectivity index (χ0) is 13.1. The lowest BCUT2D eigenvalue weighted by Gasteiger charge is -2.11. The fourth-order valence-electron chi connectivity index (χ4n) is 2.06. The van der Waals surface area contributed by atoms with Crippen LogP contribution in [0.15, 0.2) is 18.5 Å². The van der Waals surface area contributed by atoms with Gasteiger partial charge in [0.2, 0.25) is 0 Å². The van der Waals surface area contributed by atoms with Crippen molar-refractivity contribution in [2.75, 3.05) is 6.54 Å². The Morgan fingerprint density at radius 2 is 1.78 bits per heavy atom. The molecule has 0 atom stereocenters. The third-order valence-electron chi connectivity index (χ3n) is 3.10. The van der Waals surface area contributed by atoms with E-state index >= 15 is 0 Å². The number of aromatic nitrogens is 3. The summed E-state index contributed by atoms with van der Waals surface area (Å²) in [5.41, 5.74) is 10.9. The van der Waals surface area contributed by atoms with Crippen molar-refractivity contribution in [3.8, 4) is 11.4 Å². The number of hydrogen-bond acceptors (Lipinski definition) is 4. The summed E-state index contributed by atoms with van der Waals surface area (Å²) >= 11 is 0. The minimum Gasteiger partial charge on any atom is -0.330 e. The first-order chi connectivity index (χ1) is 8.63. The third-order valence-corrected chi connectivity index (χ3v) is 3.10. The first-order valence-corrected chi connectivity index (χ1v) is 6.08. The molecule has 2 heterocycles. The van der Waals surface area contributed by atoms with E-state index in [9.17, 15) is 0 Å². The zero-order valence-electron chi connectivity index (χ0n) is 11.1. The van der Waals surface area contributed by atoms with E-state index in [1.165, 1.54) is 0 Å². The molecule has 0 saturated carbocycles. The van der Waals surface area contributed by atoms with Crippen molar-refractivity contribution in [3.05, 3.63) is 41.0 Å². The van der Waals surface area contributed by atoms with E-state index in [2.05, 4.69) is 15.0 Å². The normalized spacial score (nSPS) is 10.7. The van der Waals surface area contributed by atoms with Crippen LogP contribution in [-0.4, -0.2) is 21.5 Å². The largest absolute Gasteiger partial charge is 0.330 e. The average Bonchev–Trinajstić information content (AvgIpc) is 2.34. The van der Waals surface area contributed by atoms with Gasteiger partial charge < -0.3 is 5.73 Å². The molecule has 0 aromatic carbocycles. The number of pyridine rings is 1. The molecule has 0 aliphatic heterocycles. The second-order valence-electron chi connectivity index (χ2n) is 4.43. The molecule has 0 aliphatic rings. The topological polar surface area (TPSA) is 64.7 Å². The van der Waals surface area contributed by atoms with Crippen molar-refractivity contribution in [3.63, 3.8) is 0 Å². The number of rotatable bonds is 3. The van der Waals surface area contributed by atoms with Gasteiger partial charge in [0.05, 0.1) is 0 Å². The monoisotopic (exact) mass is 242 g/mol. The minimum absolute atomic E-state index is 0.621. The maximum absolute atomic E-state index is 5.61. The highest BCUT2D eigenvalue weighted by Crippen LogP contribution is 2.21. The molecule has 2 rings (SSSR count). The second kappa shape index (κ2) is 5.23. The van der Waals surface area contributed by atoms with Gasteiger partial charge in [-0.15, -0.1) is 0 Å². The Labute approximate surface area is 107 Å². The van der Waals surface area contributed by atoms with Gasteiger partial charge in [0, 0.05) is 29.3 Å². The van der Waals surface area contributed by atoms with Gasteiger partial charge in [0.1, 0.15) is 0 Å². The fraction of sp³-hybridized carbons (Fsp3) is 0.357. The molecule has 0 saturated heterocycles. The van der Waals surface area contributed by atoms with Crippen molar-refractivity contribution in [2.45, 2.75) is 27.2 Å². The van der Waals surface area contributed by atoms with Gasteiger partial charge in [-0.1, -0.05) is 0 Å². The van der Waals surface area contributed by atoms with E-state index in [4.69, 9.17) is 5.73 Å². The summed E-state index contributed by atoms with van der Waals surface area (Å²) in [5.74, 6) is 0.747. The Bertz CT molecular complexity index is 540. The molecule has 0 aliphatic carbocycles. The zero-order valence-corrected chi connectivity index (χ0v) is 11.1. The van der Waals surface area contributed by atoms with E-state index < -0.39 is 0 Å². The molecular weight excluding hydrogens is 224 g/mol. The van der Waals surface area contributed by atoms with E-state index in [1.807, 2.05) is 33.0 Å². The van der Waals surface area contributed by atoms with Gasteiger partial charge >= 0.3 is 0 Å². The molecule has 2 aromatic rings. The SMILES string of the molecule is Cc1ccncc1-c1nc(C)c(CCN)c(C)n1. The molecule has 94 valence electrons. The molecule has 0 unspecified atom stereocenters. The summed E-state index contributed by atoms with van der Waals surface area (Å²) in [6, 6.07) is 1.97. The molecule has 0 amide bonds. The van der Waals surface area contributed by atoms with Crippen LogP contribution in [0.5, 0.6) is 0 Å². The Morgan fingerprint density at radius 3 is 2.33 bits per heavy atom. The molecule has 0 spiro atoms. The average molecular weight is 242 g/mol. The van der Waals surface area contributed by atoms with Crippen LogP contribution in [0.3, 0.4) is 0 Å². The van der Waals surface area contributed by atoms with Crippen LogP contribution < -0.4 is 5.73 Å². The fourth-order valence-corrected chi connectivity index (χ4v) is 2.06. The van der Waals surface area contributed by atoms with Gasteiger partial charge in [0.25, 0.3) is 0 Å². The van der Waals surface area contributed by atoms with Crippen molar-refractivity contribution in [2.24, 2.45) is 5.73 Å². The van der Waals surface area contributed by atoms with E-state index in [0.717, 1.165) is 40.3 Å². The Hall–Kier alpha value is -1.81. The molecule has 18 heavy (non-hydrogen) atoms. The lowest BCUT2D eigenvalue weighted by molar-refractivity contribution is 0.898. The maximum atomic E-state index is 5.61. The summed E-state index contributed by atoms with van der Waals surface area (Å²) in [4.78, 5) is 13.3. The van der Waals surface area contributed by atoms with Gasteiger partial charge in [0.15, 0.2) is 5.82 Å². The van der Waals surface area contributed by atoms with Gasteiger partial charge in [-0.2, -0.15) is 0 Å². The molecule has 4 nitrogen and oxygen atoms in total. The molecule has 4 heteroatoms. The summed E-state index contributed by atoms with van der Waals surface area (Å²) in [7, 11) is 0. The molecule has 0 bridgehead atoms. The van der Waals surface area contributed by atoms with Crippen LogP contribution >= 0.6 is 0 Å². The summed E-state index contributed by atoms with van der Waals surface area (Å²) in [6.07, 6.45) is 4.41. The number of nitrogens with two attached hydrogens (primary N) is 1. The summed E-state index contributed by atoms with van der Waals surface area (Å²) in [6.45, 7) is 6.68. The van der Waals surface area contributed by atoms with E-state index in [0.29, 0.717) is 6.54 Å². The Morgan fingerprint density at radius 1 is 1.11 bits per heavy atom. The Kier molecular flexibility index (Phi) is 3.67. The number of nitrogens with zero attached hydrogens (tertiary/aromatic N) is 3. The molecule has 0 fully saturated rings. The van der Waals surface area contributed by atoms with E-state index in [-0.39, 0.29) is 0 Å². The predicted octanol–water partition coefficient (Wildman–Crippen LogP) is 1.97. The van der Waals surface area contributed by atoms with Crippen LogP contribution in [0.25, 0.3) is 11.4 Å². The Balaban J connectivity index is 2.52. The van der Waals surface area contributed by atoms with Crippen molar-refractivity contribution in [1.29, 1.82) is 0 Å². The predicted molar refractivity (Wildman–Crippen MR) is 72.2 cm³/mol. The number of aryl methyl sites for hydroxylation is 3. The van der Waals surface area contributed by atoms with Crippen LogP contribution in [0.2, 0.25) is 0 Å². The molecule has 2 aromatic heterocycles. The van der Waals surface area contributed by atoms with Gasteiger partial charge in [-0.3, -0.25) is 4.98 Å². The van der Waals surface area contributed by atoms with Crippen LogP contribution in [-0.2, 0) is 6.42 Å². The van der Waals surface area contributed by atoms with Gasteiger partial charge in [-0.25, -0.2) is 9.97 Å². The van der Waals surface area contributed by atoms with Gasteiger partial charge in [-0.05, 0) is 50.9 Å². The van der Waals surface area contributed by atoms with Crippen LogP contribution in [0, 0.1) is 20.8 Å². The highest BCUT2D eigenvalue weighted by atomic mass is 14.9. The molecule has 2 N–H and O–H groups in total. The first kappa shape index (κ1) is 12.6. The second-order valence-corrected chi connectivity index (χ2v) is 4.43. The standard InChI is InChI=1S/C14H18N4/c1-9-5-7-16-8-13(9)14-17-10(2)12(4-6-15)11(3)18-14/h5,7-8H,4,6,15H2,1-3H3. The molecule has 0 radical (unpaired) electrons.